The van der Waals surface area contributed by atoms with Gasteiger partial charge in [0.05, 0.1) is 6.04 Å². The van der Waals surface area contributed by atoms with Crippen molar-refractivity contribution in [2.24, 2.45) is 5.92 Å². The molecule has 23 heavy (non-hydrogen) atoms. The van der Waals surface area contributed by atoms with Gasteiger partial charge in [0.15, 0.2) is 0 Å². The minimum atomic E-state index is 0.222. The Hall–Kier alpha value is -1.44. The van der Waals surface area contributed by atoms with Crippen LogP contribution < -0.4 is 5.32 Å². The molecule has 0 saturated carbocycles. The van der Waals surface area contributed by atoms with E-state index in [1.165, 1.54) is 16.8 Å². The second-order valence-corrected chi connectivity index (χ2v) is 7.26. The molecule has 1 N–H and O–H groups in total. The summed E-state index contributed by atoms with van der Waals surface area (Å²) in [5.41, 5.74) is 5.18. The molecule has 3 heteroatoms. The highest BCUT2D eigenvalue weighted by Crippen LogP contribution is 2.51. The van der Waals surface area contributed by atoms with Crippen molar-refractivity contribution in [1.29, 1.82) is 0 Å². The predicted octanol–water partition coefficient (Wildman–Crippen LogP) is 6.38. The number of aryl methyl sites for hydroxylation is 1. The first-order valence-corrected chi connectivity index (χ1v) is 8.94. The maximum atomic E-state index is 6.48. The second-order valence-electron chi connectivity index (χ2n) is 6.42. The predicted molar refractivity (Wildman–Crippen MR) is 98.6 cm³/mol. The summed E-state index contributed by atoms with van der Waals surface area (Å²) in [7, 11) is 0. The van der Waals surface area contributed by atoms with Crippen LogP contribution in [0.15, 0.2) is 48.6 Å². The Morgan fingerprint density at radius 2 is 1.96 bits per heavy atom. The van der Waals surface area contributed by atoms with E-state index in [9.17, 15) is 0 Å². The summed E-state index contributed by atoms with van der Waals surface area (Å²) < 4.78 is 0. The van der Waals surface area contributed by atoms with Crippen molar-refractivity contribution in [1.82, 2.24) is 0 Å². The number of anilines is 1. The van der Waals surface area contributed by atoms with E-state index in [4.69, 9.17) is 23.2 Å². The van der Waals surface area contributed by atoms with Crippen molar-refractivity contribution in [3.05, 3.63) is 75.3 Å². The van der Waals surface area contributed by atoms with E-state index in [0.29, 0.717) is 16.9 Å². The Labute approximate surface area is 147 Å². The minimum absolute atomic E-state index is 0.222. The summed E-state index contributed by atoms with van der Waals surface area (Å²) in [6.07, 6.45) is 6.82. The molecule has 1 aliphatic heterocycles. The highest BCUT2D eigenvalue weighted by atomic mass is 35.5. The number of fused-ring (bicyclic) bond motifs is 3. The van der Waals surface area contributed by atoms with Gasteiger partial charge in [-0.15, -0.1) is 0 Å². The summed E-state index contributed by atoms with van der Waals surface area (Å²) in [5.74, 6) is 0.975. The Kier molecular flexibility index (Phi) is 3.87. The Bertz CT molecular complexity index is 781. The molecule has 2 aromatic carbocycles. The standard InChI is InChI=1S/C20H19Cl2N/c1-2-12-6-9-19-17(10-12)14-4-3-5-15(14)20(23-19)16-8-7-13(21)11-18(16)22/h3-4,6-11,14-15,20,23H,2,5H2,1H3/t14-,15-,20+/m1/s1. The fraction of sp³-hybridized carbons (Fsp3) is 0.300. The van der Waals surface area contributed by atoms with Crippen LogP contribution in [0.3, 0.4) is 0 Å². The molecule has 0 amide bonds. The van der Waals surface area contributed by atoms with E-state index in [1.807, 2.05) is 12.1 Å². The molecule has 1 nitrogen and oxygen atoms in total. The fourth-order valence-corrected chi connectivity index (χ4v) is 4.45. The van der Waals surface area contributed by atoms with Gasteiger partial charge in [0.2, 0.25) is 0 Å². The Morgan fingerprint density at radius 3 is 2.74 bits per heavy atom. The number of halogens is 2. The number of nitrogens with one attached hydrogen (secondary N) is 1. The molecule has 0 bridgehead atoms. The molecule has 4 rings (SSSR count). The average Bonchev–Trinajstić information content (AvgIpc) is 3.04. The summed E-state index contributed by atoms with van der Waals surface area (Å²) in [4.78, 5) is 0. The SMILES string of the molecule is CCc1ccc2c(c1)[C@@H]1C=CC[C@H]1[C@@H](c1ccc(Cl)cc1Cl)N2. The van der Waals surface area contributed by atoms with Gasteiger partial charge in [-0.05, 0) is 53.6 Å². The highest BCUT2D eigenvalue weighted by Gasteiger charge is 2.38. The zero-order valence-corrected chi connectivity index (χ0v) is 14.5. The highest BCUT2D eigenvalue weighted by molar-refractivity contribution is 6.35. The number of hydrogen-bond acceptors (Lipinski definition) is 1. The quantitative estimate of drug-likeness (QED) is 0.623. The van der Waals surface area contributed by atoms with Crippen molar-refractivity contribution >= 4 is 28.9 Å². The van der Waals surface area contributed by atoms with Crippen molar-refractivity contribution in [2.45, 2.75) is 31.7 Å². The monoisotopic (exact) mass is 343 g/mol. The number of benzene rings is 2. The third-order valence-corrected chi connectivity index (χ3v) is 5.70. The zero-order valence-electron chi connectivity index (χ0n) is 13.0. The zero-order chi connectivity index (χ0) is 16.0. The summed E-state index contributed by atoms with van der Waals surface area (Å²) in [5, 5.41) is 5.16. The molecule has 3 atom stereocenters. The van der Waals surface area contributed by atoms with E-state index in [1.54, 1.807) is 0 Å². The third-order valence-electron chi connectivity index (χ3n) is 5.13. The number of rotatable bonds is 2. The Balaban J connectivity index is 1.79. The van der Waals surface area contributed by atoms with Gasteiger partial charge in [-0.3, -0.25) is 0 Å². The molecular weight excluding hydrogens is 325 g/mol. The van der Waals surface area contributed by atoms with Crippen molar-refractivity contribution in [3.63, 3.8) is 0 Å². The third kappa shape index (κ3) is 2.56. The van der Waals surface area contributed by atoms with Gasteiger partial charge in [0.25, 0.3) is 0 Å². The molecule has 0 saturated heterocycles. The molecule has 0 fully saturated rings. The van der Waals surface area contributed by atoms with E-state index in [-0.39, 0.29) is 6.04 Å². The van der Waals surface area contributed by atoms with E-state index < -0.39 is 0 Å². The van der Waals surface area contributed by atoms with Crippen molar-refractivity contribution in [3.8, 4) is 0 Å². The summed E-state index contributed by atoms with van der Waals surface area (Å²) >= 11 is 12.5. The molecule has 2 aromatic rings. The molecule has 0 spiro atoms. The van der Waals surface area contributed by atoms with E-state index in [2.05, 4.69) is 48.7 Å². The lowest BCUT2D eigenvalue weighted by molar-refractivity contribution is 0.425. The molecule has 1 aliphatic carbocycles. The van der Waals surface area contributed by atoms with Crippen LogP contribution in [-0.4, -0.2) is 0 Å². The van der Waals surface area contributed by atoms with E-state index >= 15 is 0 Å². The second kappa shape index (κ2) is 5.89. The molecule has 0 aromatic heterocycles. The van der Waals surface area contributed by atoms with Crippen LogP contribution in [0, 0.1) is 5.92 Å². The van der Waals surface area contributed by atoms with Gasteiger partial charge >= 0.3 is 0 Å². The molecule has 0 radical (unpaired) electrons. The number of hydrogen-bond donors (Lipinski definition) is 1. The summed E-state index contributed by atoms with van der Waals surface area (Å²) in [6.45, 7) is 2.20. The van der Waals surface area contributed by atoms with Crippen LogP contribution in [0.2, 0.25) is 10.0 Å². The van der Waals surface area contributed by atoms with Gasteiger partial charge in [-0.2, -0.15) is 0 Å². The first-order chi connectivity index (χ1) is 11.2. The van der Waals surface area contributed by atoms with E-state index in [0.717, 1.165) is 23.4 Å². The molecule has 0 unspecified atom stereocenters. The Morgan fingerprint density at radius 1 is 1.09 bits per heavy atom. The van der Waals surface area contributed by atoms with Gasteiger partial charge in [0.1, 0.15) is 0 Å². The van der Waals surface area contributed by atoms with Gasteiger partial charge < -0.3 is 5.32 Å². The average molecular weight is 344 g/mol. The summed E-state index contributed by atoms with van der Waals surface area (Å²) in [6, 6.07) is 12.8. The van der Waals surface area contributed by atoms with Crippen LogP contribution >= 0.6 is 23.2 Å². The van der Waals surface area contributed by atoms with Crippen LogP contribution in [0.5, 0.6) is 0 Å². The molecule has 118 valence electrons. The topological polar surface area (TPSA) is 12.0 Å². The van der Waals surface area contributed by atoms with Gasteiger partial charge in [0, 0.05) is 21.7 Å². The minimum Gasteiger partial charge on any atom is -0.378 e. The van der Waals surface area contributed by atoms with Crippen LogP contribution in [0.25, 0.3) is 0 Å². The van der Waals surface area contributed by atoms with Gasteiger partial charge in [-0.25, -0.2) is 0 Å². The maximum Gasteiger partial charge on any atom is 0.0568 e. The van der Waals surface area contributed by atoms with Crippen molar-refractivity contribution in [2.75, 3.05) is 5.32 Å². The van der Waals surface area contributed by atoms with Crippen LogP contribution in [-0.2, 0) is 6.42 Å². The number of allylic oxidation sites excluding steroid dienone is 2. The lowest BCUT2D eigenvalue weighted by Gasteiger charge is -2.38. The van der Waals surface area contributed by atoms with Crippen LogP contribution in [0.4, 0.5) is 5.69 Å². The molecular formula is C20H19Cl2N. The fourth-order valence-electron chi connectivity index (χ4n) is 3.93. The lowest BCUT2D eigenvalue weighted by Crippen LogP contribution is -2.29. The molecule has 2 aliphatic rings. The first-order valence-electron chi connectivity index (χ1n) is 8.18. The van der Waals surface area contributed by atoms with Crippen LogP contribution in [0.1, 0.15) is 42.0 Å². The first kappa shape index (κ1) is 15.1. The smallest absolute Gasteiger partial charge is 0.0568 e. The van der Waals surface area contributed by atoms with Gasteiger partial charge in [-0.1, -0.05) is 60.5 Å². The molecule has 1 heterocycles. The maximum absolute atomic E-state index is 6.48. The lowest BCUT2D eigenvalue weighted by atomic mass is 9.76. The largest absolute Gasteiger partial charge is 0.378 e. The normalized spacial score (nSPS) is 24.9. The van der Waals surface area contributed by atoms with Crippen molar-refractivity contribution < 1.29 is 0 Å².